The summed E-state index contributed by atoms with van der Waals surface area (Å²) in [6, 6.07) is 0.162. The van der Waals surface area contributed by atoms with Crippen LogP contribution in [0.3, 0.4) is 0 Å². The maximum Gasteiger partial charge on any atom is 0.216 e. The lowest BCUT2D eigenvalue weighted by atomic mass is 10.2. The van der Waals surface area contributed by atoms with Gasteiger partial charge in [-0.1, -0.05) is 12.8 Å². The molecule has 1 aliphatic heterocycles. The number of sulfonamides is 1. The molecule has 0 aromatic heterocycles. The number of hydrogen-bond donors (Lipinski definition) is 0. The molecule has 18 heavy (non-hydrogen) atoms. The number of hydrogen-bond acceptors (Lipinski definition) is 3. The van der Waals surface area contributed by atoms with Gasteiger partial charge >= 0.3 is 0 Å². The molecular formula is C12H22ClNO3S. The van der Waals surface area contributed by atoms with E-state index in [0.717, 1.165) is 38.5 Å². The van der Waals surface area contributed by atoms with E-state index in [4.69, 9.17) is 16.3 Å². The second-order valence-electron chi connectivity index (χ2n) is 5.15. The molecule has 1 atom stereocenters. The van der Waals surface area contributed by atoms with E-state index in [2.05, 4.69) is 0 Å². The predicted molar refractivity (Wildman–Crippen MR) is 72.4 cm³/mol. The number of rotatable bonds is 6. The van der Waals surface area contributed by atoms with Gasteiger partial charge in [-0.15, -0.1) is 11.6 Å². The largest absolute Gasteiger partial charge is 0.377 e. The quantitative estimate of drug-likeness (QED) is 0.704. The molecule has 2 fully saturated rings. The Morgan fingerprint density at radius 3 is 2.44 bits per heavy atom. The number of ether oxygens (including phenoxy) is 1. The zero-order chi connectivity index (χ0) is 13.0. The van der Waals surface area contributed by atoms with Gasteiger partial charge in [0.1, 0.15) is 0 Å². The molecule has 0 aromatic rings. The van der Waals surface area contributed by atoms with Crippen molar-refractivity contribution in [2.24, 2.45) is 0 Å². The van der Waals surface area contributed by atoms with Crippen molar-refractivity contribution in [3.8, 4) is 0 Å². The Balaban J connectivity index is 2.02. The molecule has 1 saturated carbocycles. The van der Waals surface area contributed by atoms with Crippen molar-refractivity contribution in [1.82, 2.24) is 4.31 Å². The fraction of sp³-hybridized carbons (Fsp3) is 1.00. The fourth-order valence-corrected chi connectivity index (χ4v) is 5.17. The normalized spacial score (nSPS) is 26.2. The highest BCUT2D eigenvalue weighted by Crippen LogP contribution is 2.27. The predicted octanol–water partition coefficient (Wildman–Crippen LogP) is 1.98. The molecule has 0 aromatic carbocycles. The van der Waals surface area contributed by atoms with Crippen molar-refractivity contribution >= 4 is 21.6 Å². The zero-order valence-electron chi connectivity index (χ0n) is 10.7. The van der Waals surface area contributed by atoms with Gasteiger partial charge in [0.2, 0.25) is 10.0 Å². The van der Waals surface area contributed by atoms with Crippen LogP contribution < -0.4 is 0 Å². The highest BCUT2D eigenvalue weighted by Gasteiger charge is 2.34. The molecule has 0 amide bonds. The van der Waals surface area contributed by atoms with E-state index in [1.807, 2.05) is 0 Å². The van der Waals surface area contributed by atoms with Crippen LogP contribution in [0.1, 0.15) is 38.5 Å². The summed E-state index contributed by atoms with van der Waals surface area (Å²) in [5.74, 6) is 0.488. The summed E-state index contributed by atoms with van der Waals surface area (Å²) in [6.45, 7) is 1.13. The van der Waals surface area contributed by atoms with Gasteiger partial charge in [0.15, 0.2) is 0 Å². The Morgan fingerprint density at radius 1 is 1.17 bits per heavy atom. The van der Waals surface area contributed by atoms with Crippen molar-refractivity contribution < 1.29 is 13.2 Å². The van der Waals surface area contributed by atoms with E-state index >= 15 is 0 Å². The second-order valence-corrected chi connectivity index (χ2v) is 7.50. The summed E-state index contributed by atoms with van der Waals surface area (Å²) in [6.07, 6.45) is 5.91. The third-order valence-electron chi connectivity index (χ3n) is 3.81. The van der Waals surface area contributed by atoms with Crippen molar-refractivity contribution in [3.63, 3.8) is 0 Å². The first-order chi connectivity index (χ1) is 8.63. The van der Waals surface area contributed by atoms with E-state index in [9.17, 15) is 8.42 Å². The Hall–Kier alpha value is 0.160. The summed E-state index contributed by atoms with van der Waals surface area (Å²) in [4.78, 5) is 0. The minimum absolute atomic E-state index is 0.116. The third kappa shape index (κ3) is 3.59. The molecule has 1 saturated heterocycles. The van der Waals surface area contributed by atoms with Gasteiger partial charge in [0.05, 0.1) is 11.9 Å². The van der Waals surface area contributed by atoms with Crippen LogP contribution in [0.2, 0.25) is 0 Å². The maximum atomic E-state index is 12.5. The van der Waals surface area contributed by atoms with Gasteiger partial charge in [0, 0.05) is 25.1 Å². The van der Waals surface area contributed by atoms with E-state index < -0.39 is 10.0 Å². The van der Waals surface area contributed by atoms with Crippen LogP contribution in [0.15, 0.2) is 0 Å². The number of alkyl halides is 1. The summed E-state index contributed by atoms with van der Waals surface area (Å²) in [7, 11) is -3.23. The minimum Gasteiger partial charge on any atom is -0.377 e. The fourth-order valence-electron chi connectivity index (χ4n) is 2.93. The zero-order valence-corrected chi connectivity index (χ0v) is 12.3. The average molecular weight is 296 g/mol. The number of halogens is 1. The molecule has 4 nitrogen and oxygen atoms in total. The van der Waals surface area contributed by atoms with Crippen molar-refractivity contribution in [1.29, 1.82) is 0 Å². The van der Waals surface area contributed by atoms with Crippen LogP contribution in [-0.2, 0) is 14.8 Å². The maximum absolute atomic E-state index is 12.5. The van der Waals surface area contributed by atoms with Gasteiger partial charge in [-0.25, -0.2) is 8.42 Å². The van der Waals surface area contributed by atoms with Gasteiger partial charge in [-0.05, 0) is 25.7 Å². The van der Waals surface area contributed by atoms with Crippen molar-refractivity contribution in [3.05, 3.63) is 0 Å². The summed E-state index contributed by atoms with van der Waals surface area (Å²) >= 11 is 5.76. The third-order valence-corrected chi connectivity index (χ3v) is 5.97. The first-order valence-corrected chi connectivity index (χ1v) is 8.95. The molecule has 0 N–H and O–H groups in total. The molecule has 1 aliphatic carbocycles. The Morgan fingerprint density at radius 2 is 1.89 bits per heavy atom. The van der Waals surface area contributed by atoms with Gasteiger partial charge in [0.25, 0.3) is 0 Å². The highest BCUT2D eigenvalue weighted by atomic mass is 35.5. The first-order valence-electron chi connectivity index (χ1n) is 6.80. The topological polar surface area (TPSA) is 46.6 Å². The molecule has 1 unspecified atom stereocenters. The Labute approximate surface area is 115 Å². The molecule has 2 aliphatic rings. The van der Waals surface area contributed by atoms with Gasteiger partial charge in [-0.3, -0.25) is 0 Å². The molecule has 6 heteroatoms. The SMILES string of the molecule is O=S(=O)(CC1CCCO1)N(CCCl)C1CCCC1. The minimum atomic E-state index is -3.23. The second kappa shape index (κ2) is 6.55. The van der Waals surface area contributed by atoms with E-state index in [0.29, 0.717) is 19.0 Å². The molecular weight excluding hydrogens is 274 g/mol. The van der Waals surface area contributed by atoms with E-state index in [-0.39, 0.29) is 17.9 Å². The molecule has 106 valence electrons. The van der Waals surface area contributed by atoms with Gasteiger partial charge < -0.3 is 4.74 Å². The van der Waals surface area contributed by atoms with Crippen molar-refractivity contribution in [2.45, 2.75) is 50.7 Å². The molecule has 0 bridgehead atoms. The molecule has 1 heterocycles. The number of nitrogens with zero attached hydrogens (tertiary/aromatic N) is 1. The summed E-state index contributed by atoms with van der Waals surface area (Å²) in [5, 5.41) is 0. The van der Waals surface area contributed by atoms with Crippen LogP contribution >= 0.6 is 11.6 Å². The average Bonchev–Trinajstić information content (AvgIpc) is 2.97. The van der Waals surface area contributed by atoms with Crippen LogP contribution in [0.4, 0.5) is 0 Å². The summed E-state index contributed by atoms with van der Waals surface area (Å²) < 4.78 is 32.0. The van der Waals surface area contributed by atoms with E-state index in [1.165, 1.54) is 0 Å². The summed E-state index contributed by atoms with van der Waals surface area (Å²) in [5.41, 5.74) is 0. The monoisotopic (exact) mass is 295 g/mol. The molecule has 2 rings (SSSR count). The highest BCUT2D eigenvalue weighted by molar-refractivity contribution is 7.89. The lowest BCUT2D eigenvalue weighted by Gasteiger charge is -2.28. The standard InChI is InChI=1S/C12H22ClNO3S/c13-7-8-14(11-4-1-2-5-11)18(15,16)10-12-6-3-9-17-12/h11-12H,1-10H2. The van der Waals surface area contributed by atoms with Crippen LogP contribution in [0, 0.1) is 0 Å². The molecule has 0 radical (unpaired) electrons. The van der Waals surface area contributed by atoms with Crippen LogP contribution in [-0.4, -0.2) is 49.7 Å². The molecule has 0 spiro atoms. The van der Waals surface area contributed by atoms with Crippen LogP contribution in [0.25, 0.3) is 0 Å². The smallest absolute Gasteiger partial charge is 0.216 e. The lowest BCUT2D eigenvalue weighted by Crippen LogP contribution is -2.43. The van der Waals surface area contributed by atoms with Crippen molar-refractivity contribution in [2.75, 3.05) is 24.8 Å². The first kappa shape index (κ1) is 14.6. The lowest BCUT2D eigenvalue weighted by molar-refractivity contribution is 0.126. The van der Waals surface area contributed by atoms with Gasteiger partial charge in [-0.2, -0.15) is 4.31 Å². The Kier molecular flexibility index (Phi) is 5.30. The van der Waals surface area contributed by atoms with Crippen LogP contribution in [0.5, 0.6) is 0 Å². The van der Waals surface area contributed by atoms with E-state index in [1.54, 1.807) is 4.31 Å². The Bertz CT molecular complexity index is 348.